The predicted molar refractivity (Wildman–Crippen MR) is 236 cm³/mol. The highest BCUT2D eigenvalue weighted by Crippen LogP contribution is 2.43. The van der Waals surface area contributed by atoms with Crippen molar-refractivity contribution >= 4 is 25.7 Å². The van der Waals surface area contributed by atoms with E-state index >= 15 is 0 Å². The molecule has 11 nitrogen and oxygen atoms in total. The van der Waals surface area contributed by atoms with Crippen LogP contribution < -0.4 is 5.32 Å². The lowest BCUT2D eigenvalue weighted by atomic mass is 10.0. The molecule has 0 heterocycles. The van der Waals surface area contributed by atoms with E-state index in [1.165, 1.54) is 96.3 Å². The molecule has 3 unspecified atom stereocenters. The SMILES string of the molecule is CC/C=C\C/C=C\C/C=C\CCCCCCCC(=O)OCC(O)COP(=O)(O)OCC(NC(=O)CCCCCCCCCCCCCCCCCCCCC)C(=O)O. The third-order valence-electron chi connectivity index (χ3n) is 9.94. The Morgan fingerprint density at radius 2 is 1.00 bits per heavy atom. The van der Waals surface area contributed by atoms with Crippen molar-refractivity contribution in [3.8, 4) is 0 Å². The van der Waals surface area contributed by atoms with E-state index in [9.17, 15) is 34.1 Å². The summed E-state index contributed by atoms with van der Waals surface area (Å²) in [5, 5.41) is 21.9. The van der Waals surface area contributed by atoms with Crippen LogP contribution in [0.4, 0.5) is 0 Å². The Labute approximate surface area is 352 Å². The first-order valence-corrected chi connectivity index (χ1v) is 24.5. The zero-order valence-corrected chi connectivity index (χ0v) is 37.5. The molecule has 0 aromatic rings. The van der Waals surface area contributed by atoms with E-state index in [-0.39, 0.29) is 12.8 Å². The van der Waals surface area contributed by atoms with Gasteiger partial charge >= 0.3 is 19.8 Å². The van der Waals surface area contributed by atoms with Crippen LogP contribution >= 0.6 is 7.82 Å². The molecule has 0 saturated carbocycles. The van der Waals surface area contributed by atoms with Crippen LogP contribution in [0.25, 0.3) is 0 Å². The molecule has 0 bridgehead atoms. The van der Waals surface area contributed by atoms with Gasteiger partial charge in [0.1, 0.15) is 12.7 Å². The van der Waals surface area contributed by atoms with Gasteiger partial charge in [-0.1, -0.05) is 185 Å². The van der Waals surface area contributed by atoms with Gasteiger partial charge in [0.15, 0.2) is 6.04 Å². The second-order valence-corrected chi connectivity index (χ2v) is 17.0. The number of carboxylic acids is 1. The quantitative estimate of drug-likeness (QED) is 0.0201. The zero-order chi connectivity index (χ0) is 42.8. The summed E-state index contributed by atoms with van der Waals surface area (Å²) in [5.74, 6) is -2.38. The molecule has 4 N–H and O–H groups in total. The Kier molecular flexibility index (Phi) is 39.8. The Morgan fingerprint density at radius 3 is 1.50 bits per heavy atom. The highest BCUT2D eigenvalue weighted by atomic mass is 31.2. The van der Waals surface area contributed by atoms with E-state index in [1.807, 2.05) is 0 Å². The maximum absolute atomic E-state index is 12.3. The summed E-state index contributed by atoms with van der Waals surface area (Å²) in [6.07, 6.45) is 44.5. The van der Waals surface area contributed by atoms with Crippen LogP contribution in [0.15, 0.2) is 36.5 Å². The Bertz CT molecular complexity index is 1130. The Balaban J connectivity index is 3.88. The highest BCUT2D eigenvalue weighted by Gasteiger charge is 2.28. The van der Waals surface area contributed by atoms with Crippen molar-refractivity contribution in [3.05, 3.63) is 36.5 Å². The minimum absolute atomic E-state index is 0.148. The molecule has 0 aliphatic carbocycles. The van der Waals surface area contributed by atoms with E-state index in [0.717, 1.165) is 70.6 Å². The summed E-state index contributed by atoms with van der Waals surface area (Å²) in [6.45, 7) is 2.48. The lowest BCUT2D eigenvalue weighted by Crippen LogP contribution is -2.43. The molecule has 0 radical (unpaired) electrons. The van der Waals surface area contributed by atoms with Crippen LogP contribution in [0.1, 0.15) is 206 Å². The number of hydrogen-bond donors (Lipinski definition) is 4. The number of allylic oxidation sites excluding steroid dienone is 6. The third-order valence-corrected chi connectivity index (χ3v) is 10.9. The summed E-state index contributed by atoms with van der Waals surface area (Å²) in [5.41, 5.74) is 0. The molecule has 0 aromatic heterocycles. The van der Waals surface area contributed by atoms with Crippen molar-refractivity contribution in [2.45, 2.75) is 219 Å². The lowest BCUT2D eigenvalue weighted by molar-refractivity contribution is -0.147. The number of carboxylic acid groups (broad SMARTS) is 1. The number of carbonyl (C=O) groups excluding carboxylic acids is 2. The van der Waals surface area contributed by atoms with E-state index in [2.05, 4.69) is 55.6 Å². The van der Waals surface area contributed by atoms with Crippen molar-refractivity contribution in [3.63, 3.8) is 0 Å². The summed E-state index contributed by atoms with van der Waals surface area (Å²) in [4.78, 5) is 46.0. The topological polar surface area (TPSA) is 169 Å². The van der Waals surface area contributed by atoms with E-state index < -0.39 is 57.6 Å². The molecule has 0 aliphatic heterocycles. The maximum atomic E-state index is 12.3. The fourth-order valence-corrected chi connectivity index (χ4v) is 7.16. The van der Waals surface area contributed by atoms with E-state index in [1.54, 1.807) is 0 Å². The number of rotatable bonds is 43. The molecular formula is C46H84NO10P. The van der Waals surface area contributed by atoms with Gasteiger partial charge in [-0.25, -0.2) is 9.36 Å². The van der Waals surface area contributed by atoms with Gasteiger partial charge in [0.2, 0.25) is 5.91 Å². The highest BCUT2D eigenvalue weighted by molar-refractivity contribution is 7.47. The van der Waals surface area contributed by atoms with Crippen molar-refractivity contribution in [1.82, 2.24) is 5.32 Å². The van der Waals surface area contributed by atoms with Crippen LogP contribution in [0.2, 0.25) is 0 Å². The van der Waals surface area contributed by atoms with Crippen molar-refractivity contribution in [2.24, 2.45) is 0 Å². The van der Waals surface area contributed by atoms with Crippen LogP contribution in [0.3, 0.4) is 0 Å². The second-order valence-electron chi connectivity index (χ2n) is 15.6. The molecule has 0 rings (SSSR count). The number of unbranched alkanes of at least 4 members (excludes halogenated alkanes) is 23. The minimum Gasteiger partial charge on any atom is -0.480 e. The van der Waals surface area contributed by atoms with Crippen LogP contribution in [0, 0.1) is 0 Å². The number of esters is 1. The Morgan fingerprint density at radius 1 is 0.569 bits per heavy atom. The number of phosphoric acid groups is 1. The summed E-state index contributed by atoms with van der Waals surface area (Å²) in [7, 11) is -4.76. The number of aliphatic carboxylic acids is 1. The number of aliphatic hydroxyl groups is 1. The largest absolute Gasteiger partial charge is 0.480 e. The molecule has 338 valence electrons. The van der Waals surface area contributed by atoms with E-state index in [4.69, 9.17) is 13.8 Å². The molecule has 0 fully saturated rings. The van der Waals surface area contributed by atoms with Gasteiger partial charge in [-0.2, -0.15) is 0 Å². The smallest absolute Gasteiger partial charge is 0.472 e. The average molecular weight is 842 g/mol. The fourth-order valence-electron chi connectivity index (χ4n) is 6.39. The second kappa shape index (κ2) is 41.4. The minimum atomic E-state index is -4.76. The van der Waals surface area contributed by atoms with Gasteiger partial charge in [-0.15, -0.1) is 0 Å². The summed E-state index contributed by atoms with van der Waals surface area (Å²) in [6, 6.07) is -1.55. The molecule has 3 atom stereocenters. The molecule has 0 spiro atoms. The molecule has 58 heavy (non-hydrogen) atoms. The molecule has 0 aliphatic rings. The Hall–Kier alpha value is -2.30. The number of ether oxygens (including phenoxy) is 1. The van der Waals surface area contributed by atoms with Gasteiger partial charge in [0.25, 0.3) is 0 Å². The normalized spacial score (nSPS) is 14.0. The van der Waals surface area contributed by atoms with Crippen LogP contribution in [-0.2, 0) is 32.7 Å². The monoisotopic (exact) mass is 842 g/mol. The molecule has 0 saturated heterocycles. The number of aliphatic hydroxyl groups excluding tert-OH is 1. The standard InChI is InChI=1S/C46H84NO10P/c1-3-5-7-9-11-13-15-17-19-20-21-22-24-25-27-29-31-33-35-37-44(49)47-43(46(51)52)41-57-58(53,54)56-40-42(48)39-55-45(50)38-36-34-32-30-28-26-23-18-16-14-12-10-8-6-4-2/h6,8,12,14,18,23,42-43,48H,3-5,7,9-11,13,15-17,19-22,24-41H2,1-2H3,(H,47,49)(H,51,52)(H,53,54)/b8-6-,14-12-,23-18-. The number of phosphoric ester groups is 1. The fraction of sp³-hybridized carbons (Fsp3) is 0.804. The molecule has 12 heteroatoms. The van der Waals surface area contributed by atoms with Crippen molar-refractivity contribution in [1.29, 1.82) is 0 Å². The van der Waals surface area contributed by atoms with Gasteiger partial charge in [-0.3, -0.25) is 18.6 Å². The third kappa shape index (κ3) is 40.5. The first-order valence-electron chi connectivity index (χ1n) is 23.0. The van der Waals surface area contributed by atoms with Crippen LogP contribution in [0.5, 0.6) is 0 Å². The maximum Gasteiger partial charge on any atom is 0.472 e. The predicted octanol–water partition coefficient (Wildman–Crippen LogP) is 12.0. The molecule has 1 amide bonds. The molecular weight excluding hydrogens is 757 g/mol. The number of hydrogen-bond acceptors (Lipinski definition) is 8. The van der Waals surface area contributed by atoms with Gasteiger partial charge in [-0.05, 0) is 44.9 Å². The van der Waals surface area contributed by atoms with Crippen LogP contribution in [-0.4, -0.2) is 64.9 Å². The van der Waals surface area contributed by atoms with Gasteiger partial charge in [0.05, 0.1) is 13.2 Å². The first kappa shape index (κ1) is 55.7. The van der Waals surface area contributed by atoms with E-state index in [0.29, 0.717) is 12.8 Å². The number of carbonyl (C=O) groups is 3. The van der Waals surface area contributed by atoms with Crippen molar-refractivity contribution in [2.75, 3.05) is 19.8 Å². The lowest BCUT2D eigenvalue weighted by Gasteiger charge is -2.18. The average Bonchev–Trinajstić information content (AvgIpc) is 3.20. The van der Waals surface area contributed by atoms with Crippen molar-refractivity contribution < 1.29 is 47.8 Å². The summed E-state index contributed by atoms with van der Waals surface area (Å²) < 4.78 is 26.8. The number of amides is 1. The zero-order valence-electron chi connectivity index (χ0n) is 36.6. The molecule has 0 aromatic carbocycles. The summed E-state index contributed by atoms with van der Waals surface area (Å²) >= 11 is 0. The first-order chi connectivity index (χ1) is 28.1. The number of nitrogens with one attached hydrogen (secondary N) is 1. The van der Waals surface area contributed by atoms with Gasteiger partial charge in [0, 0.05) is 12.8 Å². The van der Waals surface area contributed by atoms with Gasteiger partial charge < -0.3 is 25.2 Å².